The molecule has 0 unspecified atom stereocenters. The van der Waals surface area contributed by atoms with Crippen LogP contribution in [0.15, 0.2) is 12.4 Å². The van der Waals surface area contributed by atoms with Crippen molar-refractivity contribution in [2.24, 2.45) is 0 Å². The van der Waals surface area contributed by atoms with Crippen molar-refractivity contribution in [2.75, 3.05) is 0 Å². The van der Waals surface area contributed by atoms with Crippen LogP contribution in [0.1, 0.15) is 122 Å². The molecule has 0 aliphatic heterocycles. The van der Waals surface area contributed by atoms with E-state index in [1.165, 1.54) is 122 Å². The predicted molar refractivity (Wildman–Crippen MR) is 115 cm³/mol. The largest absolute Gasteiger partial charge is 0.253 e. The molecule has 26 heavy (non-hydrogen) atoms. The lowest BCUT2D eigenvalue weighted by Gasteiger charge is -2.03. The molecule has 0 saturated carbocycles. The van der Waals surface area contributed by atoms with Crippen LogP contribution in [0.5, 0.6) is 0 Å². The highest BCUT2D eigenvalue weighted by Crippen LogP contribution is 2.10. The second-order valence-electron chi connectivity index (χ2n) is 8.18. The van der Waals surface area contributed by atoms with Crippen molar-refractivity contribution in [1.29, 1.82) is 0 Å². The molecule has 0 fully saturated rings. The van der Waals surface area contributed by atoms with Crippen molar-refractivity contribution < 1.29 is 4.57 Å². The lowest BCUT2D eigenvalue weighted by Crippen LogP contribution is -2.35. The molecule has 0 radical (unpaired) electrons. The SMILES string of the molecule is CCCCCCCCCCn1cc[n+](CCCCCCCCCC)c1C. The van der Waals surface area contributed by atoms with Gasteiger partial charge in [0.05, 0.1) is 13.1 Å². The highest BCUT2D eigenvalue weighted by Gasteiger charge is 2.11. The standard InChI is InChI=1S/C24H47N2/c1-4-6-8-10-12-14-16-18-20-25-22-23-26(24(25)3)21-19-17-15-13-11-9-7-5-2/h22-23H,4-21H2,1-3H3/q+1. The van der Waals surface area contributed by atoms with Crippen LogP contribution in [0.25, 0.3) is 0 Å². The van der Waals surface area contributed by atoms with Crippen LogP contribution >= 0.6 is 0 Å². The molecule has 0 bridgehead atoms. The number of hydrogen-bond donors (Lipinski definition) is 0. The van der Waals surface area contributed by atoms with E-state index < -0.39 is 0 Å². The Morgan fingerprint density at radius 2 is 1.12 bits per heavy atom. The maximum absolute atomic E-state index is 2.46. The Labute approximate surface area is 164 Å². The van der Waals surface area contributed by atoms with Crippen LogP contribution < -0.4 is 4.57 Å². The lowest BCUT2D eigenvalue weighted by molar-refractivity contribution is -0.702. The third-order valence-electron chi connectivity index (χ3n) is 5.76. The molecule has 0 N–H and O–H groups in total. The van der Waals surface area contributed by atoms with Crippen molar-refractivity contribution in [1.82, 2.24) is 4.57 Å². The molecule has 2 nitrogen and oxygen atoms in total. The molecule has 152 valence electrons. The van der Waals surface area contributed by atoms with Gasteiger partial charge in [-0.05, 0) is 25.7 Å². The van der Waals surface area contributed by atoms with Gasteiger partial charge in [0.1, 0.15) is 12.4 Å². The molecule has 1 aromatic heterocycles. The summed E-state index contributed by atoms with van der Waals surface area (Å²) in [6, 6.07) is 0. The second kappa shape index (κ2) is 16.4. The van der Waals surface area contributed by atoms with Gasteiger partial charge in [0.2, 0.25) is 0 Å². The van der Waals surface area contributed by atoms with E-state index in [2.05, 4.69) is 42.3 Å². The molecule has 0 spiro atoms. The number of nitrogens with zero attached hydrogens (tertiary/aromatic N) is 2. The Kier molecular flexibility index (Phi) is 14.7. The van der Waals surface area contributed by atoms with Crippen LogP contribution in [0.4, 0.5) is 0 Å². The zero-order chi connectivity index (χ0) is 18.9. The molecule has 1 aromatic rings. The fraction of sp³-hybridized carbons (Fsp3) is 0.875. The molecule has 0 amide bonds. The number of unbranched alkanes of at least 4 members (excludes halogenated alkanes) is 14. The Balaban J connectivity index is 2.05. The summed E-state index contributed by atoms with van der Waals surface area (Å²) in [5.41, 5.74) is 0. The van der Waals surface area contributed by atoms with E-state index in [0.717, 1.165) is 0 Å². The molecule has 1 rings (SSSR count). The van der Waals surface area contributed by atoms with Crippen LogP contribution in [0.2, 0.25) is 0 Å². The van der Waals surface area contributed by atoms with Gasteiger partial charge in [-0.1, -0.05) is 90.9 Å². The third-order valence-corrected chi connectivity index (χ3v) is 5.76. The molecule has 0 aliphatic carbocycles. The van der Waals surface area contributed by atoms with E-state index in [-0.39, 0.29) is 0 Å². The van der Waals surface area contributed by atoms with E-state index in [1.807, 2.05) is 0 Å². The Bertz CT molecular complexity index is 384. The van der Waals surface area contributed by atoms with Gasteiger partial charge in [-0.25, -0.2) is 9.13 Å². The fourth-order valence-corrected chi connectivity index (χ4v) is 3.85. The van der Waals surface area contributed by atoms with Crippen molar-refractivity contribution in [3.8, 4) is 0 Å². The van der Waals surface area contributed by atoms with Gasteiger partial charge in [-0.15, -0.1) is 0 Å². The topological polar surface area (TPSA) is 8.81 Å². The molecule has 0 saturated heterocycles. The first-order valence-electron chi connectivity index (χ1n) is 11.8. The Morgan fingerprint density at radius 1 is 0.654 bits per heavy atom. The van der Waals surface area contributed by atoms with E-state index in [9.17, 15) is 0 Å². The molecular weight excluding hydrogens is 316 g/mol. The molecule has 2 heteroatoms. The minimum Gasteiger partial charge on any atom is -0.234 e. The number of imidazole rings is 1. The minimum absolute atomic E-state index is 1.20. The summed E-state index contributed by atoms with van der Waals surface area (Å²) in [5, 5.41) is 0. The molecule has 0 aromatic carbocycles. The Morgan fingerprint density at radius 3 is 1.65 bits per heavy atom. The molecule has 0 aliphatic rings. The monoisotopic (exact) mass is 363 g/mol. The summed E-state index contributed by atoms with van der Waals surface area (Å²) in [7, 11) is 0. The normalized spacial score (nSPS) is 11.3. The van der Waals surface area contributed by atoms with Gasteiger partial charge >= 0.3 is 0 Å². The van der Waals surface area contributed by atoms with Gasteiger partial charge in [0.25, 0.3) is 5.82 Å². The first kappa shape index (κ1) is 23.2. The summed E-state index contributed by atoms with van der Waals surface area (Å²) in [6.07, 6.45) is 27.0. The highest BCUT2D eigenvalue weighted by atomic mass is 15.1. The summed E-state index contributed by atoms with van der Waals surface area (Å²) >= 11 is 0. The number of aromatic nitrogens is 2. The first-order chi connectivity index (χ1) is 12.8. The molecule has 0 atom stereocenters. The lowest BCUT2D eigenvalue weighted by atomic mass is 10.1. The van der Waals surface area contributed by atoms with Crippen molar-refractivity contribution in [2.45, 2.75) is 137 Å². The second-order valence-corrected chi connectivity index (χ2v) is 8.18. The number of rotatable bonds is 18. The highest BCUT2D eigenvalue weighted by molar-refractivity contribution is 4.79. The third kappa shape index (κ3) is 11.0. The van der Waals surface area contributed by atoms with Gasteiger partial charge < -0.3 is 0 Å². The maximum Gasteiger partial charge on any atom is 0.253 e. The van der Waals surface area contributed by atoms with E-state index in [4.69, 9.17) is 0 Å². The minimum atomic E-state index is 1.20. The van der Waals surface area contributed by atoms with Gasteiger partial charge in [-0.3, -0.25) is 0 Å². The van der Waals surface area contributed by atoms with Crippen molar-refractivity contribution in [3.05, 3.63) is 18.2 Å². The van der Waals surface area contributed by atoms with Crippen LogP contribution in [-0.2, 0) is 13.1 Å². The quantitative estimate of drug-likeness (QED) is 0.190. The zero-order valence-electron chi connectivity index (χ0n) is 18.3. The number of aryl methyl sites for hydroxylation is 2. The summed E-state index contributed by atoms with van der Waals surface area (Å²) in [6.45, 7) is 9.27. The van der Waals surface area contributed by atoms with E-state index in [0.29, 0.717) is 0 Å². The fourth-order valence-electron chi connectivity index (χ4n) is 3.85. The molecular formula is C24H47N2+. The van der Waals surface area contributed by atoms with Gasteiger partial charge in [0.15, 0.2) is 0 Å². The number of hydrogen-bond acceptors (Lipinski definition) is 0. The van der Waals surface area contributed by atoms with Crippen molar-refractivity contribution >= 4 is 0 Å². The summed E-state index contributed by atoms with van der Waals surface area (Å²) in [4.78, 5) is 0. The van der Waals surface area contributed by atoms with Crippen LogP contribution in [-0.4, -0.2) is 4.57 Å². The predicted octanol–water partition coefficient (Wildman–Crippen LogP) is 7.37. The van der Waals surface area contributed by atoms with E-state index in [1.54, 1.807) is 0 Å². The zero-order valence-corrected chi connectivity index (χ0v) is 18.3. The van der Waals surface area contributed by atoms with E-state index >= 15 is 0 Å². The molecule has 1 heterocycles. The maximum atomic E-state index is 2.46. The smallest absolute Gasteiger partial charge is 0.234 e. The average molecular weight is 364 g/mol. The van der Waals surface area contributed by atoms with Crippen LogP contribution in [0.3, 0.4) is 0 Å². The first-order valence-corrected chi connectivity index (χ1v) is 11.8. The van der Waals surface area contributed by atoms with Crippen LogP contribution in [0, 0.1) is 6.92 Å². The van der Waals surface area contributed by atoms with Gasteiger partial charge in [0, 0.05) is 6.92 Å². The Hall–Kier alpha value is -0.790. The van der Waals surface area contributed by atoms with Gasteiger partial charge in [-0.2, -0.15) is 0 Å². The summed E-state index contributed by atoms with van der Waals surface area (Å²) in [5.74, 6) is 1.44. The summed E-state index contributed by atoms with van der Waals surface area (Å²) < 4.78 is 4.92. The van der Waals surface area contributed by atoms with Crippen molar-refractivity contribution in [3.63, 3.8) is 0 Å². The average Bonchev–Trinajstić information content (AvgIpc) is 2.99.